The average Bonchev–Trinajstić information content (AvgIpc) is 3.27. The van der Waals surface area contributed by atoms with E-state index in [0.29, 0.717) is 11.4 Å². The van der Waals surface area contributed by atoms with E-state index in [1.54, 1.807) is 6.07 Å². The normalized spacial score (nSPS) is 21.2. The van der Waals surface area contributed by atoms with Crippen LogP contribution in [0.4, 0.5) is 10.1 Å². The van der Waals surface area contributed by atoms with Gasteiger partial charge in [0.2, 0.25) is 5.91 Å². The number of rotatable bonds is 3. The van der Waals surface area contributed by atoms with Gasteiger partial charge in [-0.15, -0.1) is 0 Å². The summed E-state index contributed by atoms with van der Waals surface area (Å²) in [4.78, 5) is 18.9. The van der Waals surface area contributed by atoms with Gasteiger partial charge in [0.1, 0.15) is 11.3 Å². The van der Waals surface area contributed by atoms with Gasteiger partial charge in [0.05, 0.1) is 0 Å². The molecule has 1 amide bonds. The molecular formula is C20H24FN3O. The summed E-state index contributed by atoms with van der Waals surface area (Å²) in [5, 5.41) is 4.32. The number of carbonyl (C=O) groups is 1. The standard InChI is InChI=1S/C20H24FN3O/c1-13-11-18(16-7-4-8-17(21)19(16)22-13)23-15-9-10-24(12-15)20(25)14-5-2-3-6-14/h4,7-8,11,14-15H,2-3,5-6,9-10,12H2,1H3,(H,22,23). The third kappa shape index (κ3) is 3.20. The van der Waals surface area contributed by atoms with E-state index >= 15 is 0 Å². The molecule has 0 spiro atoms. The molecule has 1 aliphatic heterocycles. The predicted octanol–water partition coefficient (Wildman–Crippen LogP) is 3.89. The van der Waals surface area contributed by atoms with Gasteiger partial charge in [-0.1, -0.05) is 25.0 Å². The van der Waals surface area contributed by atoms with Crippen LogP contribution in [0.2, 0.25) is 0 Å². The van der Waals surface area contributed by atoms with Crippen LogP contribution in [0.15, 0.2) is 24.3 Å². The minimum Gasteiger partial charge on any atom is -0.380 e. The highest BCUT2D eigenvalue weighted by molar-refractivity contribution is 5.92. The molecule has 0 radical (unpaired) electrons. The second-order valence-electron chi connectivity index (χ2n) is 7.34. The molecule has 132 valence electrons. The Balaban J connectivity index is 1.51. The van der Waals surface area contributed by atoms with E-state index in [4.69, 9.17) is 0 Å². The number of benzene rings is 1. The number of anilines is 1. The van der Waals surface area contributed by atoms with E-state index in [2.05, 4.69) is 10.3 Å². The number of fused-ring (bicyclic) bond motifs is 1. The van der Waals surface area contributed by atoms with Crippen molar-refractivity contribution < 1.29 is 9.18 Å². The Kier molecular flexibility index (Phi) is 4.32. The van der Waals surface area contributed by atoms with Crippen LogP contribution < -0.4 is 5.32 Å². The highest BCUT2D eigenvalue weighted by Crippen LogP contribution is 2.30. The molecule has 25 heavy (non-hydrogen) atoms. The number of para-hydroxylation sites is 1. The summed E-state index contributed by atoms with van der Waals surface area (Å²) in [5.41, 5.74) is 2.10. The topological polar surface area (TPSA) is 45.2 Å². The van der Waals surface area contributed by atoms with E-state index in [0.717, 1.165) is 49.1 Å². The van der Waals surface area contributed by atoms with Crippen molar-refractivity contribution in [2.45, 2.75) is 45.1 Å². The maximum absolute atomic E-state index is 14.1. The van der Waals surface area contributed by atoms with E-state index in [1.165, 1.54) is 18.9 Å². The van der Waals surface area contributed by atoms with Crippen molar-refractivity contribution in [1.29, 1.82) is 0 Å². The summed E-state index contributed by atoms with van der Waals surface area (Å²) >= 11 is 0. The van der Waals surface area contributed by atoms with Crippen LogP contribution in [0.1, 0.15) is 37.8 Å². The summed E-state index contributed by atoms with van der Waals surface area (Å²) in [6.07, 6.45) is 5.37. The second kappa shape index (κ2) is 6.62. The molecule has 1 saturated carbocycles. The molecular weight excluding hydrogens is 317 g/mol. The highest BCUT2D eigenvalue weighted by atomic mass is 19.1. The van der Waals surface area contributed by atoms with Gasteiger partial charge < -0.3 is 10.2 Å². The number of hydrogen-bond acceptors (Lipinski definition) is 3. The molecule has 2 fully saturated rings. The SMILES string of the molecule is Cc1cc(NC2CCN(C(=O)C3CCCC3)C2)c2cccc(F)c2n1. The van der Waals surface area contributed by atoms with E-state index in [-0.39, 0.29) is 17.8 Å². The molecule has 5 heteroatoms. The summed E-state index contributed by atoms with van der Waals surface area (Å²) in [5.74, 6) is 0.258. The quantitative estimate of drug-likeness (QED) is 0.921. The van der Waals surface area contributed by atoms with Crippen LogP contribution >= 0.6 is 0 Å². The number of pyridine rings is 1. The number of nitrogens with zero attached hydrogens (tertiary/aromatic N) is 2. The first kappa shape index (κ1) is 16.3. The van der Waals surface area contributed by atoms with E-state index < -0.39 is 0 Å². The molecule has 1 aliphatic carbocycles. The van der Waals surface area contributed by atoms with Crippen molar-refractivity contribution in [3.8, 4) is 0 Å². The molecule has 1 saturated heterocycles. The average molecular weight is 341 g/mol. The summed E-state index contributed by atoms with van der Waals surface area (Å²) in [6.45, 7) is 3.42. The highest BCUT2D eigenvalue weighted by Gasteiger charge is 2.32. The maximum atomic E-state index is 14.1. The number of carbonyl (C=O) groups excluding carboxylic acids is 1. The first-order valence-corrected chi connectivity index (χ1v) is 9.23. The number of aryl methyl sites for hydroxylation is 1. The number of halogens is 1. The zero-order valence-electron chi connectivity index (χ0n) is 14.6. The van der Waals surface area contributed by atoms with Gasteiger partial charge >= 0.3 is 0 Å². The van der Waals surface area contributed by atoms with Crippen molar-refractivity contribution in [3.05, 3.63) is 35.8 Å². The zero-order chi connectivity index (χ0) is 17.4. The first-order valence-electron chi connectivity index (χ1n) is 9.23. The Morgan fingerprint density at radius 3 is 2.88 bits per heavy atom. The first-order chi connectivity index (χ1) is 12.1. The third-order valence-electron chi connectivity index (χ3n) is 5.48. The van der Waals surface area contributed by atoms with Gasteiger partial charge in [0.25, 0.3) is 0 Å². The van der Waals surface area contributed by atoms with Crippen molar-refractivity contribution in [1.82, 2.24) is 9.88 Å². The molecule has 2 aliphatic rings. The van der Waals surface area contributed by atoms with Crippen LogP contribution in [0.5, 0.6) is 0 Å². The Bertz CT molecular complexity index is 801. The fourth-order valence-electron chi connectivity index (χ4n) is 4.19. The number of hydrogen-bond donors (Lipinski definition) is 1. The lowest BCUT2D eigenvalue weighted by Gasteiger charge is -2.21. The lowest BCUT2D eigenvalue weighted by Crippen LogP contribution is -2.35. The van der Waals surface area contributed by atoms with Gasteiger partial charge in [0, 0.05) is 41.8 Å². The Morgan fingerprint density at radius 2 is 2.08 bits per heavy atom. The van der Waals surface area contributed by atoms with E-state index in [9.17, 15) is 9.18 Å². The monoisotopic (exact) mass is 341 g/mol. The molecule has 1 aromatic carbocycles. The fourth-order valence-corrected chi connectivity index (χ4v) is 4.19. The number of aromatic nitrogens is 1. The summed E-state index contributed by atoms with van der Waals surface area (Å²) < 4.78 is 14.1. The van der Waals surface area contributed by atoms with Crippen molar-refractivity contribution in [2.75, 3.05) is 18.4 Å². The van der Waals surface area contributed by atoms with Gasteiger partial charge in [-0.05, 0) is 38.3 Å². The molecule has 2 aromatic rings. The molecule has 0 bridgehead atoms. The smallest absolute Gasteiger partial charge is 0.225 e. The Labute approximate surface area is 147 Å². The minimum atomic E-state index is -0.297. The summed E-state index contributed by atoms with van der Waals surface area (Å²) in [6, 6.07) is 7.21. The molecule has 1 atom stereocenters. The van der Waals surface area contributed by atoms with Gasteiger partial charge in [0.15, 0.2) is 0 Å². The minimum absolute atomic E-state index is 0.207. The molecule has 1 N–H and O–H groups in total. The second-order valence-corrected chi connectivity index (χ2v) is 7.34. The van der Waals surface area contributed by atoms with Crippen LogP contribution in [0, 0.1) is 18.7 Å². The molecule has 1 aromatic heterocycles. The summed E-state index contributed by atoms with van der Waals surface area (Å²) in [7, 11) is 0. The van der Waals surface area contributed by atoms with Crippen molar-refractivity contribution >= 4 is 22.5 Å². The lowest BCUT2D eigenvalue weighted by atomic mass is 10.1. The molecule has 1 unspecified atom stereocenters. The number of nitrogens with one attached hydrogen (secondary N) is 1. The van der Waals surface area contributed by atoms with Crippen LogP contribution in [-0.2, 0) is 4.79 Å². The number of amides is 1. The molecule has 4 rings (SSSR count). The molecule has 2 heterocycles. The largest absolute Gasteiger partial charge is 0.380 e. The Hall–Kier alpha value is -2.17. The van der Waals surface area contributed by atoms with Crippen LogP contribution in [0.3, 0.4) is 0 Å². The predicted molar refractivity (Wildman–Crippen MR) is 97.0 cm³/mol. The maximum Gasteiger partial charge on any atom is 0.225 e. The van der Waals surface area contributed by atoms with Crippen molar-refractivity contribution in [2.24, 2.45) is 5.92 Å². The Morgan fingerprint density at radius 1 is 1.28 bits per heavy atom. The van der Waals surface area contributed by atoms with Gasteiger partial charge in [-0.25, -0.2) is 9.37 Å². The fraction of sp³-hybridized carbons (Fsp3) is 0.500. The van der Waals surface area contributed by atoms with Gasteiger partial charge in [-0.3, -0.25) is 4.79 Å². The molecule has 4 nitrogen and oxygen atoms in total. The van der Waals surface area contributed by atoms with E-state index in [1.807, 2.05) is 24.0 Å². The van der Waals surface area contributed by atoms with Crippen molar-refractivity contribution in [3.63, 3.8) is 0 Å². The zero-order valence-corrected chi connectivity index (χ0v) is 14.6. The lowest BCUT2D eigenvalue weighted by molar-refractivity contribution is -0.134. The van der Waals surface area contributed by atoms with Crippen LogP contribution in [-0.4, -0.2) is 34.9 Å². The third-order valence-corrected chi connectivity index (χ3v) is 5.48. The number of likely N-dealkylation sites (tertiary alicyclic amines) is 1. The van der Waals surface area contributed by atoms with Crippen LogP contribution in [0.25, 0.3) is 10.9 Å². The van der Waals surface area contributed by atoms with Gasteiger partial charge in [-0.2, -0.15) is 0 Å².